The summed E-state index contributed by atoms with van der Waals surface area (Å²) in [6, 6.07) is 6.15. The highest BCUT2D eigenvalue weighted by molar-refractivity contribution is 5.91. The van der Waals surface area contributed by atoms with E-state index in [-0.39, 0.29) is 41.3 Å². The second kappa shape index (κ2) is 5.98. The summed E-state index contributed by atoms with van der Waals surface area (Å²) >= 11 is 0. The van der Waals surface area contributed by atoms with E-state index in [1.54, 1.807) is 15.9 Å². The van der Waals surface area contributed by atoms with Gasteiger partial charge in [-0.3, -0.25) is 9.59 Å². The monoisotopic (exact) mass is 343 g/mol. The largest absolute Gasteiger partial charge is 0.438 e. The first-order chi connectivity index (χ1) is 12.0. The molecule has 3 atom stereocenters. The van der Waals surface area contributed by atoms with Crippen molar-refractivity contribution in [3.63, 3.8) is 0 Å². The smallest absolute Gasteiger partial charge is 0.291 e. The number of aromatic nitrogens is 1. The highest BCUT2D eigenvalue weighted by Gasteiger charge is 2.49. The lowest BCUT2D eigenvalue weighted by atomic mass is 9.89. The van der Waals surface area contributed by atoms with Gasteiger partial charge >= 0.3 is 0 Å². The molecule has 0 unspecified atom stereocenters. The fourth-order valence-corrected chi connectivity index (χ4v) is 4.13. The van der Waals surface area contributed by atoms with E-state index >= 15 is 0 Å². The van der Waals surface area contributed by atoms with Crippen molar-refractivity contribution in [3.8, 4) is 0 Å². The molecule has 2 saturated heterocycles. The number of fused-ring (bicyclic) bond motifs is 1. The van der Waals surface area contributed by atoms with Gasteiger partial charge in [-0.15, -0.1) is 0 Å². The van der Waals surface area contributed by atoms with Gasteiger partial charge in [0.1, 0.15) is 5.82 Å². The van der Waals surface area contributed by atoms with E-state index in [0.717, 1.165) is 5.56 Å². The van der Waals surface area contributed by atoms with E-state index in [4.69, 9.17) is 4.42 Å². The maximum Gasteiger partial charge on any atom is 0.291 e. The minimum atomic E-state index is -0.322. The maximum absolute atomic E-state index is 13.7. The third kappa shape index (κ3) is 2.69. The van der Waals surface area contributed by atoms with Gasteiger partial charge in [-0.1, -0.05) is 12.1 Å². The molecule has 0 saturated carbocycles. The standard InChI is InChI=1S/C18H18FN3O3/c1-11(23)22-8-13-7-21(18(24)16-6-20-10-25-16)9-15(13)17(22)12-3-2-4-14(19)5-12/h2-6,10,13,15,17H,7-9H2,1H3/t13-,15-,17-/m1/s1. The molecule has 25 heavy (non-hydrogen) atoms. The molecule has 2 amide bonds. The number of halogens is 1. The summed E-state index contributed by atoms with van der Waals surface area (Å²) < 4.78 is 18.8. The summed E-state index contributed by atoms with van der Waals surface area (Å²) in [6.07, 6.45) is 2.64. The van der Waals surface area contributed by atoms with Crippen molar-refractivity contribution >= 4 is 11.8 Å². The highest BCUT2D eigenvalue weighted by atomic mass is 19.1. The Balaban J connectivity index is 1.61. The normalized spacial score (nSPS) is 25.3. The fourth-order valence-electron chi connectivity index (χ4n) is 4.13. The Morgan fingerprint density at radius 2 is 2.12 bits per heavy atom. The second-order valence-corrected chi connectivity index (χ2v) is 6.67. The third-order valence-electron chi connectivity index (χ3n) is 5.19. The van der Waals surface area contributed by atoms with Gasteiger partial charge in [0.05, 0.1) is 12.2 Å². The molecule has 4 rings (SSSR count). The SMILES string of the molecule is CC(=O)N1C[C@H]2CN(C(=O)c3cnco3)C[C@H]2[C@H]1c1cccc(F)c1. The molecular weight excluding hydrogens is 325 g/mol. The van der Waals surface area contributed by atoms with Crippen LogP contribution in [-0.2, 0) is 4.79 Å². The molecule has 2 aliphatic heterocycles. The lowest BCUT2D eigenvalue weighted by molar-refractivity contribution is -0.130. The molecule has 2 aliphatic rings. The summed E-state index contributed by atoms with van der Waals surface area (Å²) in [6.45, 7) is 3.17. The first kappa shape index (κ1) is 15.8. The van der Waals surface area contributed by atoms with Gasteiger partial charge in [0.25, 0.3) is 5.91 Å². The molecule has 0 aliphatic carbocycles. The molecule has 2 aromatic rings. The molecule has 0 bridgehead atoms. The topological polar surface area (TPSA) is 66.7 Å². The first-order valence-corrected chi connectivity index (χ1v) is 8.25. The Labute approximate surface area is 144 Å². The Hall–Kier alpha value is -2.70. The van der Waals surface area contributed by atoms with E-state index in [1.807, 2.05) is 6.07 Å². The van der Waals surface area contributed by atoms with E-state index in [0.29, 0.717) is 19.6 Å². The minimum Gasteiger partial charge on any atom is -0.438 e. The van der Waals surface area contributed by atoms with Crippen molar-refractivity contribution in [2.45, 2.75) is 13.0 Å². The molecule has 130 valence electrons. The second-order valence-electron chi connectivity index (χ2n) is 6.67. The first-order valence-electron chi connectivity index (χ1n) is 8.25. The summed E-state index contributed by atoms with van der Waals surface area (Å²) in [5.74, 6) is -0.0830. The number of hydrogen-bond donors (Lipinski definition) is 0. The number of carbonyl (C=O) groups excluding carboxylic acids is 2. The number of oxazole rings is 1. The molecule has 1 aromatic carbocycles. The summed E-state index contributed by atoms with van der Waals surface area (Å²) in [7, 11) is 0. The van der Waals surface area contributed by atoms with Gasteiger partial charge in [-0.05, 0) is 17.7 Å². The predicted molar refractivity (Wildman–Crippen MR) is 85.9 cm³/mol. The molecule has 2 fully saturated rings. The number of carbonyl (C=O) groups is 2. The molecular formula is C18H18FN3O3. The van der Waals surface area contributed by atoms with Crippen molar-refractivity contribution in [2.24, 2.45) is 11.8 Å². The number of amides is 2. The maximum atomic E-state index is 13.7. The fraction of sp³-hybridized carbons (Fsp3) is 0.389. The van der Waals surface area contributed by atoms with Crippen LogP contribution >= 0.6 is 0 Å². The van der Waals surface area contributed by atoms with Gasteiger partial charge in [0, 0.05) is 38.4 Å². The van der Waals surface area contributed by atoms with Crippen LogP contribution in [0.15, 0.2) is 41.3 Å². The van der Waals surface area contributed by atoms with Gasteiger partial charge in [-0.2, -0.15) is 0 Å². The number of hydrogen-bond acceptors (Lipinski definition) is 4. The lowest BCUT2D eigenvalue weighted by Gasteiger charge is -2.29. The summed E-state index contributed by atoms with van der Waals surface area (Å²) in [4.78, 5) is 31.9. The Kier molecular flexibility index (Phi) is 3.78. The third-order valence-corrected chi connectivity index (χ3v) is 5.19. The van der Waals surface area contributed by atoms with Gasteiger partial charge < -0.3 is 14.2 Å². The van der Waals surface area contributed by atoms with Crippen LogP contribution in [0.2, 0.25) is 0 Å². The summed E-state index contributed by atoms with van der Waals surface area (Å²) in [5, 5.41) is 0. The lowest BCUT2D eigenvalue weighted by Crippen LogP contribution is -2.36. The van der Waals surface area contributed by atoms with Crippen molar-refractivity contribution in [3.05, 3.63) is 54.0 Å². The van der Waals surface area contributed by atoms with Gasteiger partial charge in [0.15, 0.2) is 6.39 Å². The Morgan fingerprint density at radius 3 is 2.80 bits per heavy atom. The van der Waals surface area contributed by atoms with Crippen LogP contribution in [0.3, 0.4) is 0 Å². The molecule has 6 nitrogen and oxygen atoms in total. The van der Waals surface area contributed by atoms with Gasteiger partial charge in [0.2, 0.25) is 11.7 Å². The Morgan fingerprint density at radius 1 is 1.28 bits per heavy atom. The highest BCUT2D eigenvalue weighted by Crippen LogP contribution is 2.45. The number of rotatable bonds is 2. The zero-order chi connectivity index (χ0) is 17.6. The number of likely N-dealkylation sites (tertiary alicyclic amines) is 2. The van der Waals surface area contributed by atoms with Crippen LogP contribution in [-0.4, -0.2) is 46.2 Å². The van der Waals surface area contributed by atoms with Gasteiger partial charge in [-0.25, -0.2) is 9.37 Å². The van der Waals surface area contributed by atoms with Crippen LogP contribution in [0.4, 0.5) is 4.39 Å². The van der Waals surface area contributed by atoms with Crippen molar-refractivity contribution in [1.29, 1.82) is 0 Å². The van der Waals surface area contributed by atoms with Crippen LogP contribution in [0.5, 0.6) is 0 Å². The van der Waals surface area contributed by atoms with E-state index in [2.05, 4.69) is 4.98 Å². The van der Waals surface area contributed by atoms with Crippen molar-refractivity contribution in [1.82, 2.24) is 14.8 Å². The molecule has 0 radical (unpaired) electrons. The molecule has 1 aromatic heterocycles. The summed E-state index contributed by atoms with van der Waals surface area (Å²) in [5.41, 5.74) is 0.775. The van der Waals surface area contributed by atoms with Crippen molar-refractivity contribution < 1.29 is 18.4 Å². The van der Waals surface area contributed by atoms with Crippen LogP contribution in [0, 0.1) is 17.7 Å². The van der Waals surface area contributed by atoms with Crippen molar-refractivity contribution in [2.75, 3.05) is 19.6 Å². The van der Waals surface area contributed by atoms with Crippen LogP contribution in [0.25, 0.3) is 0 Å². The molecule has 0 spiro atoms. The zero-order valence-corrected chi connectivity index (χ0v) is 13.8. The molecule has 0 N–H and O–H groups in total. The van der Waals surface area contributed by atoms with E-state index < -0.39 is 0 Å². The average molecular weight is 343 g/mol. The average Bonchev–Trinajstić information content (AvgIpc) is 3.29. The quantitative estimate of drug-likeness (QED) is 0.838. The van der Waals surface area contributed by atoms with E-state index in [1.165, 1.54) is 31.6 Å². The Bertz CT molecular complexity index is 808. The zero-order valence-electron chi connectivity index (χ0n) is 13.8. The number of benzene rings is 1. The number of nitrogens with zero attached hydrogens (tertiary/aromatic N) is 3. The van der Waals surface area contributed by atoms with Crippen LogP contribution in [0.1, 0.15) is 29.1 Å². The van der Waals surface area contributed by atoms with E-state index in [9.17, 15) is 14.0 Å². The predicted octanol–water partition coefficient (Wildman–Crippen LogP) is 2.11. The molecule has 7 heteroatoms. The minimum absolute atomic E-state index is 0.0308. The van der Waals surface area contributed by atoms with Crippen LogP contribution < -0.4 is 0 Å². The molecule has 3 heterocycles.